The predicted molar refractivity (Wildman–Crippen MR) is 73.5 cm³/mol. The summed E-state index contributed by atoms with van der Waals surface area (Å²) in [7, 11) is 1.55. The van der Waals surface area contributed by atoms with Crippen molar-refractivity contribution in [2.24, 2.45) is 0 Å². The standard InChI is InChI=1S/C15H21F2NO2/c1-9-6-13(17)11(7-12(9)16)8-14(19)18-10(2)15(3,4)20-5/h6-7,10H,8H2,1-5H3,(H,18,19). The number of carbonyl (C=O) groups is 1. The second-order valence-corrected chi connectivity index (χ2v) is 5.47. The Bertz CT molecular complexity index is 501. The van der Waals surface area contributed by atoms with Gasteiger partial charge >= 0.3 is 0 Å². The fourth-order valence-electron chi connectivity index (χ4n) is 1.64. The molecule has 1 atom stereocenters. The summed E-state index contributed by atoms with van der Waals surface area (Å²) < 4.78 is 32.3. The molecular weight excluding hydrogens is 264 g/mol. The van der Waals surface area contributed by atoms with Crippen LogP contribution in [0, 0.1) is 18.6 Å². The van der Waals surface area contributed by atoms with Gasteiger partial charge in [-0.1, -0.05) is 0 Å². The lowest BCUT2D eigenvalue weighted by atomic mass is 10.00. The number of rotatable bonds is 5. The van der Waals surface area contributed by atoms with E-state index in [2.05, 4.69) is 5.32 Å². The van der Waals surface area contributed by atoms with Gasteiger partial charge in [0.2, 0.25) is 5.91 Å². The first kappa shape index (κ1) is 16.6. The van der Waals surface area contributed by atoms with E-state index in [-0.39, 0.29) is 29.5 Å². The maximum atomic E-state index is 13.7. The Balaban J connectivity index is 2.75. The topological polar surface area (TPSA) is 38.3 Å². The van der Waals surface area contributed by atoms with Crippen LogP contribution in [0.5, 0.6) is 0 Å². The highest BCUT2D eigenvalue weighted by molar-refractivity contribution is 5.79. The highest BCUT2D eigenvalue weighted by Crippen LogP contribution is 2.16. The third-order valence-electron chi connectivity index (χ3n) is 3.63. The Labute approximate surface area is 118 Å². The number of aryl methyl sites for hydroxylation is 1. The molecule has 3 nitrogen and oxygen atoms in total. The minimum absolute atomic E-state index is 0.0491. The molecule has 20 heavy (non-hydrogen) atoms. The van der Waals surface area contributed by atoms with Crippen LogP contribution in [0.2, 0.25) is 0 Å². The van der Waals surface area contributed by atoms with Gasteiger partial charge in [-0.25, -0.2) is 8.78 Å². The van der Waals surface area contributed by atoms with Gasteiger partial charge in [0, 0.05) is 12.7 Å². The lowest BCUT2D eigenvalue weighted by Gasteiger charge is -2.31. The van der Waals surface area contributed by atoms with Crippen molar-refractivity contribution in [2.75, 3.05) is 7.11 Å². The fourth-order valence-corrected chi connectivity index (χ4v) is 1.64. The lowest BCUT2D eigenvalue weighted by molar-refractivity contribution is -0.123. The van der Waals surface area contributed by atoms with E-state index in [1.807, 2.05) is 13.8 Å². The Morgan fingerprint density at radius 3 is 2.50 bits per heavy atom. The Kier molecular flexibility index (Phi) is 5.22. The number of ether oxygens (including phenoxy) is 1. The number of methoxy groups -OCH3 is 1. The maximum Gasteiger partial charge on any atom is 0.224 e. The summed E-state index contributed by atoms with van der Waals surface area (Å²) in [6.45, 7) is 6.95. The van der Waals surface area contributed by atoms with Crippen molar-refractivity contribution in [1.29, 1.82) is 0 Å². The highest BCUT2D eigenvalue weighted by Gasteiger charge is 2.26. The second kappa shape index (κ2) is 6.31. The van der Waals surface area contributed by atoms with Gasteiger partial charge in [0.1, 0.15) is 11.6 Å². The molecule has 0 bridgehead atoms. The summed E-state index contributed by atoms with van der Waals surface area (Å²) in [5.41, 5.74) is -0.263. The van der Waals surface area contributed by atoms with E-state index in [0.717, 1.165) is 12.1 Å². The van der Waals surface area contributed by atoms with Gasteiger partial charge in [0.25, 0.3) is 0 Å². The molecule has 5 heteroatoms. The average Bonchev–Trinajstić information content (AvgIpc) is 2.35. The SMILES string of the molecule is COC(C)(C)C(C)NC(=O)Cc1cc(F)c(C)cc1F. The van der Waals surface area contributed by atoms with Crippen molar-refractivity contribution in [1.82, 2.24) is 5.32 Å². The number of benzene rings is 1. The van der Waals surface area contributed by atoms with Crippen LogP contribution < -0.4 is 5.32 Å². The lowest BCUT2D eigenvalue weighted by Crippen LogP contribution is -2.48. The molecule has 1 N–H and O–H groups in total. The number of carbonyl (C=O) groups excluding carboxylic acids is 1. The van der Waals surface area contributed by atoms with Crippen LogP contribution in [0.15, 0.2) is 12.1 Å². The van der Waals surface area contributed by atoms with Crippen molar-refractivity contribution in [3.63, 3.8) is 0 Å². The minimum atomic E-state index is -0.572. The van der Waals surface area contributed by atoms with Crippen LogP contribution in [0.1, 0.15) is 31.9 Å². The number of hydrogen-bond donors (Lipinski definition) is 1. The summed E-state index contributed by atoms with van der Waals surface area (Å²) in [5, 5.41) is 2.73. The Hall–Kier alpha value is -1.49. The number of halogens is 2. The van der Waals surface area contributed by atoms with Crippen LogP contribution in [0.25, 0.3) is 0 Å². The van der Waals surface area contributed by atoms with Gasteiger partial charge in [-0.15, -0.1) is 0 Å². The largest absolute Gasteiger partial charge is 0.377 e. The van der Waals surface area contributed by atoms with Gasteiger partial charge in [0.15, 0.2) is 0 Å². The van der Waals surface area contributed by atoms with Gasteiger partial charge < -0.3 is 10.1 Å². The summed E-state index contributed by atoms with van der Waals surface area (Å²) in [6.07, 6.45) is -0.201. The first-order valence-electron chi connectivity index (χ1n) is 6.46. The van der Waals surface area contributed by atoms with E-state index in [4.69, 9.17) is 4.74 Å². The molecule has 0 heterocycles. The second-order valence-electron chi connectivity index (χ2n) is 5.47. The van der Waals surface area contributed by atoms with Gasteiger partial charge in [-0.2, -0.15) is 0 Å². The molecule has 0 saturated carbocycles. The average molecular weight is 285 g/mol. The molecule has 0 fully saturated rings. The first-order valence-corrected chi connectivity index (χ1v) is 6.46. The van der Waals surface area contributed by atoms with E-state index >= 15 is 0 Å². The van der Waals surface area contributed by atoms with Gasteiger partial charge in [-0.05, 0) is 45.4 Å². The van der Waals surface area contributed by atoms with E-state index in [9.17, 15) is 13.6 Å². The van der Waals surface area contributed by atoms with Gasteiger partial charge in [0.05, 0.1) is 18.1 Å². The zero-order valence-corrected chi connectivity index (χ0v) is 12.5. The van der Waals surface area contributed by atoms with Crippen molar-refractivity contribution in [3.05, 3.63) is 34.9 Å². The quantitative estimate of drug-likeness (QED) is 0.903. The molecule has 0 aliphatic rings. The number of amides is 1. The summed E-state index contributed by atoms with van der Waals surface area (Å²) in [5.74, 6) is -1.46. The third-order valence-corrected chi connectivity index (χ3v) is 3.63. The zero-order chi connectivity index (χ0) is 15.5. The summed E-state index contributed by atoms with van der Waals surface area (Å²) >= 11 is 0. The Morgan fingerprint density at radius 1 is 1.35 bits per heavy atom. The van der Waals surface area contributed by atoms with Crippen LogP contribution in [-0.2, 0) is 16.0 Å². The maximum absolute atomic E-state index is 13.7. The molecule has 1 aromatic rings. The zero-order valence-electron chi connectivity index (χ0n) is 12.5. The van der Waals surface area contributed by atoms with E-state index in [1.54, 1.807) is 14.0 Å². The van der Waals surface area contributed by atoms with Crippen LogP contribution in [-0.4, -0.2) is 24.7 Å². The van der Waals surface area contributed by atoms with E-state index in [0.29, 0.717) is 0 Å². The number of nitrogens with one attached hydrogen (secondary N) is 1. The molecule has 0 aliphatic carbocycles. The van der Waals surface area contributed by atoms with Crippen LogP contribution >= 0.6 is 0 Å². The molecule has 0 radical (unpaired) electrons. The van der Waals surface area contributed by atoms with Crippen molar-refractivity contribution in [3.8, 4) is 0 Å². The monoisotopic (exact) mass is 285 g/mol. The first-order chi connectivity index (χ1) is 9.17. The van der Waals surface area contributed by atoms with Crippen molar-refractivity contribution >= 4 is 5.91 Å². The molecule has 1 amide bonds. The van der Waals surface area contributed by atoms with Gasteiger partial charge in [-0.3, -0.25) is 4.79 Å². The number of hydrogen-bond acceptors (Lipinski definition) is 2. The highest BCUT2D eigenvalue weighted by atomic mass is 19.1. The van der Waals surface area contributed by atoms with Crippen molar-refractivity contribution in [2.45, 2.75) is 45.8 Å². The molecule has 0 aromatic heterocycles. The molecule has 0 spiro atoms. The molecule has 0 aliphatic heterocycles. The minimum Gasteiger partial charge on any atom is -0.377 e. The molecule has 0 saturated heterocycles. The normalized spacial score (nSPS) is 13.2. The summed E-state index contributed by atoms with van der Waals surface area (Å²) in [6, 6.07) is 1.91. The summed E-state index contributed by atoms with van der Waals surface area (Å²) in [4.78, 5) is 11.9. The smallest absolute Gasteiger partial charge is 0.224 e. The fraction of sp³-hybridized carbons (Fsp3) is 0.533. The Morgan fingerprint density at radius 2 is 1.95 bits per heavy atom. The van der Waals surface area contributed by atoms with E-state index < -0.39 is 17.2 Å². The van der Waals surface area contributed by atoms with E-state index in [1.165, 1.54) is 6.92 Å². The molecule has 1 aromatic carbocycles. The molecular formula is C15H21F2NO2. The molecule has 112 valence electrons. The third kappa shape index (κ3) is 4.00. The predicted octanol–water partition coefficient (Wildman–Crippen LogP) is 2.75. The van der Waals surface area contributed by atoms with Crippen molar-refractivity contribution < 1.29 is 18.3 Å². The van der Waals surface area contributed by atoms with Crippen LogP contribution in [0.3, 0.4) is 0 Å². The van der Waals surface area contributed by atoms with Crippen LogP contribution in [0.4, 0.5) is 8.78 Å². The molecule has 1 rings (SSSR count). The molecule has 1 unspecified atom stereocenters.